The number of H-pyrrole nitrogens is 1. The molecule has 5 amide bonds. The number of hydrogen-bond acceptors (Lipinski definition) is 6. The average molecular weight is 552 g/mol. The number of benzene rings is 1. The van der Waals surface area contributed by atoms with Crippen LogP contribution in [0.4, 0.5) is 0 Å². The Morgan fingerprint density at radius 1 is 1.05 bits per heavy atom. The topological polar surface area (TPSA) is 157 Å². The Morgan fingerprint density at radius 2 is 1.80 bits per heavy atom. The van der Waals surface area contributed by atoms with Gasteiger partial charge in [-0.15, -0.1) is 0 Å². The maximum atomic E-state index is 13.6. The molecule has 2 fully saturated rings. The maximum Gasteiger partial charge on any atom is 0.272 e. The number of hydrogen-bond donors (Lipinski definition) is 4. The van der Waals surface area contributed by atoms with E-state index >= 15 is 0 Å². The first-order valence-corrected chi connectivity index (χ1v) is 13.7. The van der Waals surface area contributed by atoms with E-state index in [0.717, 1.165) is 5.56 Å². The lowest BCUT2D eigenvalue weighted by atomic mass is 10.0. The van der Waals surface area contributed by atoms with Crippen LogP contribution in [0.2, 0.25) is 0 Å². The van der Waals surface area contributed by atoms with Crippen molar-refractivity contribution in [1.29, 1.82) is 0 Å². The molecule has 2 aromatic rings. The third kappa shape index (κ3) is 6.85. The highest BCUT2D eigenvalue weighted by molar-refractivity contribution is 5.97. The molecule has 12 heteroatoms. The molecular weight excluding hydrogens is 514 g/mol. The fourth-order valence-electron chi connectivity index (χ4n) is 5.24. The zero-order chi connectivity index (χ0) is 28.8. The number of aromatic nitrogens is 2. The van der Waals surface area contributed by atoms with Crippen molar-refractivity contribution in [2.45, 2.75) is 64.2 Å². The highest BCUT2D eigenvalue weighted by Crippen LogP contribution is 2.20. The van der Waals surface area contributed by atoms with Gasteiger partial charge in [-0.1, -0.05) is 44.2 Å². The van der Waals surface area contributed by atoms with E-state index in [2.05, 4.69) is 25.9 Å². The highest BCUT2D eigenvalue weighted by atomic mass is 16.2. The van der Waals surface area contributed by atoms with Gasteiger partial charge in [0, 0.05) is 13.1 Å². The summed E-state index contributed by atoms with van der Waals surface area (Å²) in [6, 6.07) is 6.40. The van der Waals surface area contributed by atoms with Crippen LogP contribution in [0, 0.1) is 5.92 Å². The normalized spacial score (nSPS) is 25.0. The number of imidazole rings is 1. The first-order valence-electron chi connectivity index (χ1n) is 13.7. The molecule has 0 unspecified atom stereocenters. The summed E-state index contributed by atoms with van der Waals surface area (Å²) in [7, 11) is 0. The van der Waals surface area contributed by atoms with Crippen molar-refractivity contribution in [2.75, 3.05) is 19.6 Å². The smallest absolute Gasteiger partial charge is 0.272 e. The van der Waals surface area contributed by atoms with E-state index in [1.54, 1.807) is 6.92 Å². The summed E-state index contributed by atoms with van der Waals surface area (Å²) in [4.78, 5) is 76.2. The molecule has 1 aromatic heterocycles. The highest BCUT2D eigenvalue weighted by Gasteiger charge is 2.39. The van der Waals surface area contributed by atoms with E-state index in [9.17, 15) is 24.0 Å². The third-order valence-electron chi connectivity index (χ3n) is 7.30. The van der Waals surface area contributed by atoms with Crippen molar-refractivity contribution in [2.24, 2.45) is 5.92 Å². The molecule has 3 heterocycles. The third-order valence-corrected chi connectivity index (χ3v) is 7.30. The molecule has 214 valence electrons. The van der Waals surface area contributed by atoms with Gasteiger partial charge in [-0.2, -0.15) is 0 Å². The Kier molecular flexibility index (Phi) is 9.18. The summed E-state index contributed by atoms with van der Waals surface area (Å²) in [6.07, 6.45) is 4.21. The number of aromatic amines is 1. The standard InChI is InChI=1S/C28H37N7O5/c1-17(2)24-26(38)32-20(12-19-8-5-4-6-9-19)14-34(28(40)21-13-29-16-30-21)15-23(36)31-18(3)27(39)35-11-7-10-22(35)25(37)33-24/h4-6,8-9,13,16-18,20,22,24H,7,10-12,14-15H2,1-3H3,(H,29,30)(H,31,36)(H,32,38)(H,33,37)/t18-,20-,22+,24-/m0/s1. The minimum absolute atomic E-state index is 0.00173. The van der Waals surface area contributed by atoms with E-state index in [1.807, 2.05) is 44.2 Å². The van der Waals surface area contributed by atoms with Gasteiger partial charge in [0.25, 0.3) is 5.91 Å². The lowest BCUT2D eigenvalue weighted by Gasteiger charge is -2.30. The molecule has 4 rings (SSSR count). The van der Waals surface area contributed by atoms with Crippen molar-refractivity contribution in [3.8, 4) is 0 Å². The van der Waals surface area contributed by atoms with E-state index in [0.29, 0.717) is 25.8 Å². The Balaban J connectivity index is 1.70. The second-order valence-corrected chi connectivity index (χ2v) is 10.8. The lowest BCUT2D eigenvalue weighted by Crippen LogP contribution is -2.58. The second kappa shape index (κ2) is 12.8. The monoisotopic (exact) mass is 551 g/mol. The van der Waals surface area contributed by atoms with Crippen molar-refractivity contribution in [3.05, 3.63) is 54.1 Å². The van der Waals surface area contributed by atoms with Gasteiger partial charge in [-0.05, 0) is 37.7 Å². The number of carbonyl (C=O) groups is 5. The summed E-state index contributed by atoms with van der Waals surface area (Å²) in [5.41, 5.74) is 1.11. The molecule has 2 aliphatic rings. The SMILES string of the molecule is CC(C)[C@@H]1NC(=O)[C@H]2CCCN2C(=O)[C@H](C)NC(=O)CN(C(=O)c2cnc[nH]2)C[C@H](Cc2ccccc2)NC1=O. The summed E-state index contributed by atoms with van der Waals surface area (Å²) >= 11 is 0. The first kappa shape index (κ1) is 28.8. The second-order valence-electron chi connectivity index (χ2n) is 10.8. The van der Waals surface area contributed by atoms with Crippen LogP contribution in [0.25, 0.3) is 0 Å². The molecule has 0 bridgehead atoms. The fraction of sp³-hybridized carbons (Fsp3) is 0.500. The minimum atomic E-state index is -0.907. The Morgan fingerprint density at radius 3 is 2.48 bits per heavy atom. The van der Waals surface area contributed by atoms with Crippen LogP contribution in [-0.4, -0.2) is 93.1 Å². The van der Waals surface area contributed by atoms with Crippen molar-refractivity contribution in [3.63, 3.8) is 0 Å². The van der Waals surface area contributed by atoms with Gasteiger partial charge in [0.2, 0.25) is 23.6 Å². The molecule has 0 aliphatic carbocycles. The zero-order valence-corrected chi connectivity index (χ0v) is 23.1. The van der Waals surface area contributed by atoms with Gasteiger partial charge < -0.3 is 30.7 Å². The Labute approximate surface area is 233 Å². The Hall–Kier alpha value is -4.22. The quantitative estimate of drug-likeness (QED) is 0.426. The van der Waals surface area contributed by atoms with Gasteiger partial charge >= 0.3 is 0 Å². The van der Waals surface area contributed by atoms with Gasteiger partial charge in [0.1, 0.15) is 23.8 Å². The minimum Gasteiger partial charge on any atom is -0.349 e. The number of rotatable bonds is 4. The van der Waals surface area contributed by atoms with Gasteiger partial charge in [0.15, 0.2) is 0 Å². The number of amides is 5. The molecule has 2 saturated heterocycles. The summed E-state index contributed by atoms with van der Waals surface area (Å²) in [5.74, 6) is -2.44. The maximum absolute atomic E-state index is 13.6. The first-order chi connectivity index (χ1) is 19.1. The van der Waals surface area contributed by atoms with Crippen molar-refractivity contribution in [1.82, 2.24) is 35.7 Å². The van der Waals surface area contributed by atoms with Gasteiger partial charge in [0.05, 0.1) is 25.1 Å². The zero-order valence-electron chi connectivity index (χ0n) is 23.1. The van der Waals surface area contributed by atoms with E-state index in [-0.39, 0.29) is 30.6 Å². The number of carbonyl (C=O) groups excluding carboxylic acids is 5. The van der Waals surface area contributed by atoms with E-state index in [1.165, 1.54) is 22.3 Å². The molecule has 0 saturated carbocycles. The van der Waals surface area contributed by atoms with Crippen LogP contribution < -0.4 is 16.0 Å². The molecule has 12 nitrogen and oxygen atoms in total. The summed E-state index contributed by atoms with van der Waals surface area (Å²) < 4.78 is 0. The predicted molar refractivity (Wildman–Crippen MR) is 146 cm³/mol. The number of nitrogens with zero attached hydrogens (tertiary/aromatic N) is 3. The van der Waals surface area contributed by atoms with Gasteiger partial charge in [-0.3, -0.25) is 24.0 Å². The molecule has 0 radical (unpaired) electrons. The number of nitrogens with one attached hydrogen (secondary N) is 4. The molecule has 4 atom stereocenters. The number of fused-ring (bicyclic) bond motifs is 1. The molecule has 2 aliphatic heterocycles. The van der Waals surface area contributed by atoms with Crippen LogP contribution >= 0.6 is 0 Å². The van der Waals surface area contributed by atoms with Crippen molar-refractivity contribution >= 4 is 29.5 Å². The van der Waals surface area contributed by atoms with Crippen LogP contribution in [-0.2, 0) is 25.6 Å². The van der Waals surface area contributed by atoms with Crippen LogP contribution in [0.15, 0.2) is 42.9 Å². The molecule has 1 aromatic carbocycles. The molecule has 4 N–H and O–H groups in total. The summed E-state index contributed by atoms with van der Waals surface area (Å²) in [6.45, 7) is 5.26. The van der Waals surface area contributed by atoms with Crippen LogP contribution in [0.5, 0.6) is 0 Å². The predicted octanol–water partition coefficient (Wildman–Crippen LogP) is 0.230. The fourth-order valence-corrected chi connectivity index (χ4v) is 5.24. The van der Waals surface area contributed by atoms with Crippen LogP contribution in [0.1, 0.15) is 49.7 Å². The molecular formula is C28H37N7O5. The molecule has 40 heavy (non-hydrogen) atoms. The average Bonchev–Trinajstić information content (AvgIpc) is 3.63. The molecule has 0 spiro atoms. The lowest BCUT2D eigenvalue weighted by molar-refractivity contribution is -0.142. The van der Waals surface area contributed by atoms with E-state index in [4.69, 9.17) is 0 Å². The van der Waals surface area contributed by atoms with E-state index < -0.39 is 47.8 Å². The Bertz CT molecular complexity index is 1220. The summed E-state index contributed by atoms with van der Waals surface area (Å²) in [5, 5.41) is 8.58. The van der Waals surface area contributed by atoms with Gasteiger partial charge in [-0.25, -0.2) is 4.98 Å². The largest absolute Gasteiger partial charge is 0.349 e. The van der Waals surface area contributed by atoms with Crippen molar-refractivity contribution < 1.29 is 24.0 Å². The van der Waals surface area contributed by atoms with Crippen LogP contribution in [0.3, 0.4) is 0 Å².